The SMILES string of the molecule is CCCCCCCCCCCCCCCCCCOCC(COC(=O)CCCCCCCCCCCCCCC)OCCCCCCCCCCCCCCCCCC. The van der Waals surface area contributed by atoms with E-state index in [-0.39, 0.29) is 12.1 Å². The van der Waals surface area contributed by atoms with Crippen LogP contribution in [0.4, 0.5) is 0 Å². The minimum absolute atomic E-state index is 0.0677. The van der Waals surface area contributed by atoms with Crippen LogP contribution >= 0.6 is 0 Å². The van der Waals surface area contributed by atoms with Crippen molar-refractivity contribution in [3.8, 4) is 0 Å². The fourth-order valence-electron chi connectivity index (χ4n) is 8.56. The van der Waals surface area contributed by atoms with Gasteiger partial charge in [0.25, 0.3) is 0 Å². The van der Waals surface area contributed by atoms with Gasteiger partial charge in [0.1, 0.15) is 12.7 Å². The van der Waals surface area contributed by atoms with Gasteiger partial charge in [0, 0.05) is 19.6 Å². The van der Waals surface area contributed by atoms with Crippen molar-refractivity contribution >= 4 is 5.97 Å². The molecule has 0 radical (unpaired) electrons. The Morgan fingerprint density at radius 2 is 0.559 bits per heavy atom. The second kappa shape index (κ2) is 53.5. The van der Waals surface area contributed by atoms with E-state index in [0.29, 0.717) is 19.6 Å². The Labute approximate surface area is 372 Å². The van der Waals surface area contributed by atoms with Gasteiger partial charge in [-0.15, -0.1) is 0 Å². The Hall–Kier alpha value is -0.610. The molecule has 1 unspecified atom stereocenters. The van der Waals surface area contributed by atoms with Crippen LogP contribution in [0, 0.1) is 0 Å². The maximum Gasteiger partial charge on any atom is 0.305 e. The van der Waals surface area contributed by atoms with Crippen molar-refractivity contribution in [2.24, 2.45) is 0 Å². The number of esters is 1. The van der Waals surface area contributed by atoms with E-state index in [1.807, 2.05) is 0 Å². The zero-order valence-corrected chi connectivity index (χ0v) is 41.1. The lowest BCUT2D eigenvalue weighted by atomic mass is 10.0. The quantitative estimate of drug-likeness (QED) is 0.0452. The Bertz CT molecular complexity index is 755. The molecule has 4 heteroatoms. The molecule has 1 atom stereocenters. The lowest BCUT2D eigenvalue weighted by Crippen LogP contribution is -2.28. The topological polar surface area (TPSA) is 44.8 Å². The average molecular weight is 835 g/mol. The van der Waals surface area contributed by atoms with Crippen molar-refractivity contribution in [3.05, 3.63) is 0 Å². The highest BCUT2D eigenvalue weighted by Gasteiger charge is 2.13. The molecular formula is C55H110O4. The highest BCUT2D eigenvalue weighted by Crippen LogP contribution is 2.17. The van der Waals surface area contributed by atoms with Crippen molar-refractivity contribution in [2.75, 3.05) is 26.4 Å². The van der Waals surface area contributed by atoms with E-state index >= 15 is 0 Å². The zero-order valence-electron chi connectivity index (χ0n) is 41.1. The van der Waals surface area contributed by atoms with Crippen molar-refractivity contribution in [3.63, 3.8) is 0 Å². The molecule has 0 aromatic heterocycles. The molecule has 0 aromatic carbocycles. The molecule has 0 aromatic rings. The summed E-state index contributed by atoms with van der Waals surface area (Å²) in [4.78, 5) is 12.6. The summed E-state index contributed by atoms with van der Waals surface area (Å²) in [5.41, 5.74) is 0. The minimum atomic E-state index is -0.150. The van der Waals surface area contributed by atoms with E-state index in [4.69, 9.17) is 14.2 Å². The summed E-state index contributed by atoms with van der Waals surface area (Å²) in [6, 6.07) is 0. The summed E-state index contributed by atoms with van der Waals surface area (Å²) in [5, 5.41) is 0. The predicted molar refractivity (Wildman–Crippen MR) is 261 cm³/mol. The van der Waals surface area contributed by atoms with Crippen LogP contribution in [0.5, 0.6) is 0 Å². The summed E-state index contributed by atoms with van der Waals surface area (Å²) in [7, 11) is 0. The van der Waals surface area contributed by atoms with Gasteiger partial charge >= 0.3 is 5.97 Å². The molecule has 59 heavy (non-hydrogen) atoms. The third kappa shape index (κ3) is 51.6. The van der Waals surface area contributed by atoms with E-state index in [0.717, 1.165) is 38.9 Å². The molecule has 0 heterocycles. The Morgan fingerprint density at radius 3 is 0.864 bits per heavy atom. The number of hydrogen-bond donors (Lipinski definition) is 0. The van der Waals surface area contributed by atoms with Crippen LogP contribution in [0.3, 0.4) is 0 Å². The summed E-state index contributed by atoms with van der Waals surface area (Å²) in [6.07, 6.45) is 61.6. The van der Waals surface area contributed by atoms with Crippen molar-refractivity contribution in [1.82, 2.24) is 0 Å². The molecule has 0 saturated heterocycles. The van der Waals surface area contributed by atoms with Crippen LogP contribution in [0.25, 0.3) is 0 Å². The van der Waals surface area contributed by atoms with Crippen LogP contribution in [0.1, 0.15) is 316 Å². The van der Waals surface area contributed by atoms with E-state index in [9.17, 15) is 4.79 Å². The Kier molecular flexibility index (Phi) is 53.0. The molecule has 0 rings (SSSR count). The standard InChI is InChI=1S/C55H110O4/c1-4-7-10-13-16-19-22-25-27-29-32-35-38-41-44-47-50-57-52-54(53-59-55(56)49-46-43-40-37-34-31-24-21-18-15-12-9-6-3)58-51-48-45-42-39-36-33-30-28-26-23-20-17-14-11-8-5-2/h54H,4-53H2,1-3H3. The molecule has 0 aliphatic rings. The van der Waals surface area contributed by atoms with Gasteiger partial charge in [-0.05, 0) is 19.3 Å². The highest BCUT2D eigenvalue weighted by molar-refractivity contribution is 5.69. The first-order chi connectivity index (χ1) is 29.2. The van der Waals surface area contributed by atoms with Crippen molar-refractivity contribution < 1.29 is 19.0 Å². The molecule has 0 bridgehead atoms. The van der Waals surface area contributed by atoms with Crippen molar-refractivity contribution in [2.45, 2.75) is 322 Å². The number of unbranched alkanes of at least 4 members (excludes halogenated alkanes) is 42. The van der Waals surface area contributed by atoms with E-state index in [1.165, 1.54) is 263 Å². The first-order valence-corrected chi connectivity index (χ1v) is 27.6. The van der Waals surface area contributed by atoms with Gasteiger partial charge in [0.15, 0.2) is 0 Å². The predicted octanol–water partition coefficient (Wildman–Crippen LogP) is 18.9. The number of rotatable bonds is 53. The molecule has 0 spiro atoms. The van der Waals surface area contributed by atoms with Crippen LogP contribution in [0.2, 0.25) is 0 Å². The van der Waals surface area contributed by atoms with Gasteiger partial charge in [0.2, 0.25) is 0 Å². The lowest BCUT2D eigenvalue weighted by molar-refractivity contribution is -0.150. The minimum Gasteiger partial charge on any atom is -0.463 e. The van der Waals surface area contributed by atoms with Gasteiger partial charge in [-0.1, -0.05) is 290 Å². The van der Waals surface area contributed by atoms with Crippen LogP contribution < -0.4 is 0 Å². The molecular weight excluding hydrogens is 725 g/mol. The van der Waals surface area contributed by atoms with Crippen LogP contribution in [-0.2, 0) is 19.0 Å². The van der Waals surface area contributed by atoms with Gasteiger partial charge in [-0.2, -0.15) is 0 Å². The normalized spacial score (nSPS) is 12.1. The maximum absolute atomic E-state index is 12.6. The first-order valence-electron chi connectivity index (χ1n) is 27.6. The smallest absolute Gasteiger partial charge is 0.305 e. The summed E-state index contributed by atoms with van der Waals surface area (Å²) in [5.74, 6) is -0.0677. The molecule has 0 saturated carbocycles. The number of ether oxygens (including phenoxy) is 3. The number of carbonyl (C=O) groups excluding carboxylic acids is 1. The monoisotopic (exact) mass is 835 g/mol. The highest BCUT2D eigenvalue weighted by atomic mass is 16.6. The van der Waals surface area contributed by atoms with E-state index < -0.39 is 0 Å². The van der Waals surface area contributed by atoms with E-state index in [2.05, 4.69) is 20.8 Å². The molecule has 0 aliphatic heterocycles. The summed E-state index contributed by atoms with van der Waals surface area (Å²) >= 11 is 0. The van der Waals surface area contributed by atoms with Gasteiger partial charge < -0.3 is 14.2 Å². The average Bonchev–Trinajstić information content (AvgIpc) is 3.24. The number of carbonyl (C=O) groups is 1. The Morgan fingerprint density at radius 1 is 0.305 bits per heavy atom. The van der Waals surface area contributed by atoms with Gasteiger partial charge in [-0.3, -0.25) is 4.79 Å². The zero-order chi connectivity index (χ0) is 42.6. The Balaban J connectivity index is 4.06. The molecule has 0 aliphatic carbocycles. The lowest BCUT2D eigenvalue weighted by Gasteiger charge is -2.18. The third-order valence-corrected chi connectivity index (χ3v) is 12.7. The molecule has 354 valence electrons. The fraction of sp³-hybridized carbons (Fsp3) is 0.982. The summed E-state index contributed by atoms with van der Waals surface area (Å²) in [6.45, 7) is 9.26. The molecule has 4 nitrogen and oxygen atoms in total. The maximum atomic E-state index is 12.6. The number of hydrogen-bond acceptors (Lipinski definition) is 4. The largest absolute Gasteiger partial charge is 0.463 e. The van der Waals surface area contributed by atoms with Crippen LogP contribution in [-0.4, -0.2) is 38.5 Å². The van der Waals surface area contributed by atoms with Gasteiger partial charge in [-0.25, -0.2) is 0 Å². The third-order valence-electron chi connectivity index (χ3n) is 12.7. The fourth-order valence-corrected chi connectivity index (χ4v) is 8.56. The van der Waals surface area contributed by atoms with Gasteiger partial charge in [0.05, 0.1) is 6.61 Å². The summed E-state index contributed by atoms with van der Waals surface area (Å²) < 4.78 is 18.1. The second-order valence-corrected chi connectivity index (χ2v) is 18.8. The molecule has 0 amide bonds. The molecule has 0 N–H and O–H groups in total. The molecule has 0 fully saturated rings. The van der Waals surface area contributed by atoms with Crippen LogP contribution in [0.15, 0.2) is 0 Å². The first kappa shape index (κ1) is 58.4. The van der Waals surface area contributed by atoms with E-state index in [1.54, 1.807) is 0 Å². The van der Waals surface area contributed by atoms with Crippen molar-refractivity contribution in [1.29, 1.82) is 0 Å². The second-order valence-electron chi connectivity index (χ2n) is 18.8.